The van der Waals surface area contributed by atoms with Crippen molar-refractivity contribution in [2.45, 2.75) is 32.6 Å². The molecule has 0 saturated carbocycles. The van der Waals surface area contributed by atoms with E-state index in [1.165, 1.54) is 5.56 Å². The maximum atomic E-state index is 12.4. The van der Waals surface area contributed by atoms with Crippen molar-refractivity contribution in [3.05, 3.63) is 29.8 Å². The van der Waals surface area contributed by atoms with Crippen LogP contribution >= 0.6 is 0 Å². The molecule has 2 heterocycles. The van der Waals surface area contributed by atoms with E-state index < -0.39 is 0 Å². The van der Waals surface area contributed by atoms with Gasteiger partial charge in [0.05, 0.1) is 6.54 Å². The third-order valence-corrected chi connectivity index (χ3v) is 5.32. The molecule has 2 N–H and O–H groups in total. The molecule has 3 rings (SSSR count). The van der Waals surface area contributed by atoms with E-state index in [-0.39, 0.29) is 18.4 Å². The zero-order chi connectivity index (χ0) is 16.9. The number of anilines is 1. The number of rotatable bonds is 5. The van der Waals surface area contributed by atoms with Gasteiger partial charge in [-0.3, -0.25) is 9.59 Å². The number of carbonyl (C=O) groups excluding carboxylic acids is 2. The summed E-state index contributed by atoms with van der Waals surface area (Å²) in [7, 11) is 0. The van der Waals surface area contributed by atoms with Gasteiger partial charge in [-0.25, -0.2) is 0 Å². The molecule has 0 aliphatic carbocycles. The van der Waals surface area contributed by atoms with Crippen molar-refractivity contribution in [2.24, 2.45) is 11.8 Å². The molecule has 0 aromatic heterocycles. The highest BCUT2D eigenvalue weighted by molar-refractivity contribution is 5.98. The van der Waals surface area contributed by atoms with Crippen molar-refractivity contribution in [2.75, 3.05) is 31.1 Å². The zero-order valence-corrected chi connectivity index (χ0v) is 14.4. The summed E-state index contributed by atoms with van der Waals surface area (Å²) in [5, 5.41) is 6.17. The molecule has 1 unspecified atom stereocenters. The van der Waals surface area contributed by atoms with Crippen LogP contribution in [0.2, 0.25) is 0 Å². The van der Waals surface area contributed by atoms with Crippen LogP contribution in [-0.4, -0.2) is 38.0 Å². The summed E-state index contributed by atoms with van der Waals surface area (Å²) in [5.41, 5.74) is 2.19. The standard InChI is InChI=1S/C19H27N3O2/c1-14(15-6-9-20-10-7-15)12-18(23)21-13-19(24)22-11-8-16-4-2-3-5-17(16)22/h2-5,14-15,20H,6-13H2,1H3,(H,21,23). The molecule has 5 nitrogen and oxygen atoms in total. The van der Waals surface area contributed by atoms with Crippen molar-refractivity contribution in [3.63, 3.8) is 0 Å². The van der Waals surface area contributed by atoms with Crippen LogP contribution in [0.4, 0.5) is 5.69 Å². The number of fused-ring (bicyclic) bond motifs is 1. The molecule has 24 heavy (non-hydrogen) atoms. The highest BCUT2D eigenvalue weighted by Crippen LogP contribution is 2.27. The predicted octanol–water partition coefficient (Wildman–Crippen LogP) is 1.72. The van der Waals surface area contributed by atoms with E-state index in [1.54, 1.807) is 4.90 Å². The SMILES string of the molecule is CC(CC(=O)NCC(=O)N1CCc2ccccc21)C1CCNCC1. The average molecular weight is 329 g/mol. The summed E-state index contributed by atoms with van der Waals surface area (Å²) in [6, 6.07) is 7.98. The number of carbonyl (C=O) groups is 2. The van der Waals surface area contributed by atoms with Crippen LogP contribution in [0.3, 0.4) is 0 Å². The van der Waals surface area contributed by atoms with Crippen molar-refractivity contribution < 1.29 is 9.59 Å². The van der Waals surface area contributed by atoms with Gasteiger partial charge in [0.2, 0.25) is 11.8 Å². The first-order chi connectivity index (χ1) is 11.6. The van der Waals surface area contributed by atoms with E-state index >= 15 is 0 Å². The molecule has 1 aromatic carbocycles. The number of nitrogens with one attached hydrogen (secondary N) is 2. The fraction of sp³-hybridized carbons (Fsp3) is 0.579. The highest BCUT2D eigenvalue weighted by Gasteiger charge is 2.25. The van der Waals surface area contributed by atoms with Gasteiger partial charge in [0.15, 0.2) is 0 Å². The number of piperidine rings is 1. The maximum Gasteiger partial charge on any atom is 0.246 e. The molecule has 1 atom stereocenters. The van der Waals surface area contributed by atoms with Crippen LogP contribution in [0, 0.1) is 11.8 Å². The van der Waals surface area contributed by atoms with Crippen LogP contribution < -0.4 is 15.5 Å². The van der Waals surface area contributed by atoms with E-state index in [4.69, 9.17) is 0 Å². The van der Waals surface area contributed by atoms with E-state index in [9.17, 15) is 9.59 Å². The maximum absolute atomic E-state index is 12.4. The Morgan fingerprint density at radius 3 is 2.83 bits per heavy atom. The molecule has 2 amide bonds. The minimum atomic E-state index is -0.0252. The molecule has 5 heteroatoms. The van der Waals surface area contributed by atoms with Crippen molar-refractivity contribution >= 4 is 17.5 Å². The topological polar surface area (TPSA) is 61.4 Å². The van der Waals surface area contributed by atoms with Gasteiger partial charge in [-0.05, 0) is 55.8 Å². The van der Waals surface area contributed by atoms with E-state index in [0.717, 1.165) is 38.0 Å². The first-order valence-electron chi connectivity index (χ1n) is 9.01. The fourth-order valence-electron chi connectivity index (χ4n) is 3.81. The molecule has 130 valence electrons. The lowest BCUT2D eigenvalue weighted by atomic mass is 9.84. The summed E-state index contributed by atoms with van der Waals surface area (Å²) in [4.78, 5) is 26.4. The lowest BCUT2D eigenvalue weighted by Crippen LogP contribution is -2.40. The highest BCUT2D eigenvalue weighted by atomic mass is 16.2. The number of para-hydroxylation sites is 1. The molecule has 0 radical (unpaired) electrons. The van der Waals surface area contributed by atoms with E-state index in [1.807, 2.05) is 18.2 Å². The number of hydrogen-bond acceptors (Lipinski definition) is 3. The fourth-order valence-corrected chi connectivity index (χ4v) is 3.81. The summed E-state index contributed by atoms with van der Waals surface area (Å²) in [6.07, 6.45) is 3.67. The molecule has 0 bridgehead atoms. The summed E-state index contributed by atoms with van der Waals surface area (Å²) < 4.78 is 0. The lowest BCUT2D eigenvalue weighted by Gasteiger charge is -2.28. The molecule has 1 fully saturated rings. The van der Waals surface area contributed by atoms with Crippen molar-refractivity contribution in [1.82, 2.24) is 10.6 Å². The third-order valence-electron chi connectivity index (χ3n) is 5.32. The smallest absolute Gasteiger partial charge is 0.246 e. The summed E-state index contributed by atoms with van der Waals surface area (Å²) in [5.74, 6) is 0.942. The Bertz CT molecular complexity index is 596. The molecule has 2 aliphatic rings. The Morgan fingerprint density at radius 1 is 1.29 bits per heavy atom. The van der Waals surface area contributed by atoms with Crippen LogP contribution in [0.5, 0.6) is 0 Å². The zero-order valence-electron chi connectivity index (χ0n) is 14.4. The predicted molar refractivity (Wildman–Crippen MR) is 94.9 cm³/mol. The molecule has 1 aromatic rings. The second kappa shape index (κ2) is 7.79. The van der Waals surface area contributed by atoms with Gasteiger partial charge in [0.25, 0.3) is 0 Å². The number of benzene rings is 1. The number of nitrogens with zero attached hydrogens (tertiary/aromatic N) is 1. The number of hydrogen-bond donors (Lipinski definition) is 2. The first-order valence-corrected chi connectivity index (χ1v) is 9.01. The van der Waals surface area contributed by atoms with Gasteiger partial charge >= 0.3 is 0 Å². The van der Waals surface area contributed by atoms with Crippen LogP contribution in [0.25, 0.3) is 0 Å². The van der Waals surface area contributed by atoms with Gasteiger partial charge in [-0.15, -0.1) is 0 Å². The van der Waals surface area contributed by atoms with E-state index in [0.29, 0.717) is 24.8 Å². The lowest BCUT2D eigenvalue weighted by molar-refractivity contribution is -0.125. The van der Waals surface area contributed by atoms with Gasteiger partial charge in [0, 0.05) is 18.7 Å². The Kier molecular flexibility index (Phi) is 5.51. The average Bonchev–Trinajstić information content (AvgIpc) is 3.04. The molecule has 2 aliphatic heterocycles. The Hall–Kier alpha value is -1.88. The van der Waals surface area contributed by atoms with Gasteiger partial charge in [0.1, 0.15) is 0 Å². The number of amides is 2. The third kappa shape index (κ3) is 3.96. The molecular formula is C19H27N3O2. The van der Waals surface area contributed by atoms with Crippen molar-refractivity contribution in [3.8, 4) is 0 Å². The summed E-state index contributed by atoms with van der Waals surface area (Å²) in [6.45, 7) is 5.03. The van der Waals surface area contributed by atoms with E-state index in [2.05, 4.69) is 23.6 Å². The molecule has 1 saturated heterocycles. The summed E-state index contributed by atoms with van der Waals surface area (Å²) >= 11 is 0. The van der Waals surface area contributed by atoms with Crippen LogP contribution in [-0.2, 0) is 16.0 Å². The van der Waals surface area contributed by atoms with Crippen LogP contribution in [0.1, 0.15) is 31.7 Å². The Balaban J connectivity index is 1.45. The monoisotopic (exact) mass is 329 g/mol. The minimum Gasteiger partial charge on any atom is -0.347 e. The first kappa shape index (κ1) is 17.0. The Morgan fingerprint density at radius 2 is 2.04 bits per heavy atom. The molecule has 0 spiro atoms. The molecular weight excluding hydrogens is 302 g/mol. The van der Waals surface area contributed by atoms with Gasteiger partial charge in [-0.1, -0.05) is 25.1 Å². The second-order valence-electron chi connectivity index (χ2n) is 6.97. The van der Waals surface area contributed by atoms with Gasteiger partial charge < -0.3 is 15.5 Å². The Labute approximate surface area is 143 Å². The van der Waals surface area contributed by atoms with Crippen molar-refractivity contribution in [1.29, 1.82) is 0 Å². The van der Waals surface area contributed by atoms with Gasteiger partial charge in [-0.2, -0.15) is 0 Å². The van der Waals surface area contributed by atoms with Crippen LogP contribution in [0.15, 0.2) is 24.3 Å². The largest absolute Gasteiger partial charge is 0.347 e. The normalized spacial score (nSPS) is 19.0. The minimum absolute atomic E-state index is 0.0122. The quantitative estimate of drug-likeness (QED) is 0.865. The second-order valence-corrected chi connectivity index (χ2v) is 6.97.